The summed E-state index contributed by atoms with van der Waals surface area (Å²) in [5.41, 5.74) is 1.19. The fourth-order valence-corrected chi connectivity index (χ4v) is 3.44. The molecule has 4 rings (SSSR count). The maximum atomic E-state index is 12.5. The smallest absolute Gasteiger partial charge is 0.262 e. The molecule has 3 aromatic rings. The van der Waals surface area contributed by atoms with Gasteiger partial charge in [-0.1, -0.05) is 0 Å². The number of ether oxygens (including phenoxy) is 2. The van der Waals surface area contributed by atoms with Crippen LogP contribution in [0.15, 0.2) is 53.8 Å². The van der Waals surface area contributed by atoms with Crippen LogP contribution < -0.4 is 14.2 Å². The molecule has 0 aliphatic carbocycles. The summed E-state index contributed by atoms with van der Waals surface area (Å²) in [7, 11) is -3.72. The van der Waals surface area contributed by atoms with Gasteiger partial charge in [-0.05, 0) is 24.3 Å². The molecule has 1 aliphatic heterocycles. The molecule has 7 nitrogen and oxygen atoms in total. The average molecular weight is 331 g/mol. The minimum absolute atomic E-state index is 0.118. The SMILES string of the molecule is O=S(=O)(Nc1ccc2nccn2c1)c1ccc2c(c1)OCCO2. The lowest BCUT2D eigenvalue weighted by Crippen LogP contribution is -2.17. The predicted octanol–water partition coefficient (Wildman–Crippen LogP) is 1.91. The molecule has 118 valence electrons. The number of aromatic nitrogens is 2. The summed E-state index contributed by atoms with van der Waals surface area (Å²) in [6.45, 7) is 0.865. The van der Waals surface area contributed by atoms with Gasteiger partial charge >= 0.3 is 0 Å². The van der Waals surface area contributed by atoms with Crippen LogP contribution >= 0.6 is 0 Å². The molecule has 1 N–H and O–H groups in total. The Hall–Kier alpha value is -2.74. The number of imidazole rings is 1. The molecule has 8 heteroatoms. The molecule has 1 aromatic carbocycles. The van der Waals surface area contributed by atoms with E-state index >= 15 is 0 Å². The zero-order valence-electron chi connectivity index (χ0n) is 12.0. The van der Waals surface area contributed by atoms with Crippen molar-refractivity contribution in [1.29, 1.82) is 0 Å². The van der Waals surface area contributed by atoms with Crippen molar-refractivity contribution < 1.29 is 17.9 Å². The zero-order valence-corrected chi connectivity index (χ0v) is 12.8. The molecule has 1 aliphatic rings. The van der Waals surface area contributed by atoms with Gasteiger partial charge in [-0.2, -0.15) is 0 Å². The van der Waals surface area contributed by atoms with Crippen LogP contribution in [0.4, 0.5) is 5.69 Å². The molecule has 0 radical (unpaired) electrons. The average Bonchev–Trinajstić information content (AvgIpc) is 3.01. The van der Waals surface area contributed by atoms with Crippen LogP contribution in [0.1, 0.15) is 0 Å². The Kier molecular flexibility index (Phi) is 3.12. The molecule has 2 aromatic heterocycles. The van der Waals surface area contributed by atoms with Crippen molar-refractivity contribution in [1.82, 2.24) is 9.38 Å². The van der Waals surface area contributed by atoms with Gasteiger partial charge in [0.1, 0.15) is 18.9 Å². The first-order valence-corrected chi connectivity index (χ1v) is 8.45. The molecule has 23 heavy (non-hydrogen) atoms. The van der Waals surface area contributed by atoms with E-state index in [1.807, 2.05) is 0 Å². The lowest BCUT2D eigenvalue weighted by Gasteiger charge is -2.19. The quantitative estimate of drug-likeness (QED) is 0.793. The van der Waals surface area contributed by atoms with Gasteiger partial charge in [0, 0.05) is 24.7 Å². The standard InChI is InChI=1S/C15H13N3O4S/c19-23(20,12-2-3-13-14(9-12)22-8-7-21-13)17-11-1-4-15-16-5-6-18(15)10-11/h1-6,9-10,17H,7-8H2. The number of fused-ring (bicyclic) bond motifs is 2. The Morgan fingerprint density at radius 3 is 2.78 bits per heavy atom. The first kappa shape index (κ1) is 13.9. The van der Waals surface area contributed by atoms with Crippen LogP contribution in [0.5, 0.6) is 11.5 Å². The van der Waals surface area contributed by atoms with Crippen LogP contribution in [0.2, 0.25) is 0 Å². The van der Waals surface area contributed by atoms with Gasteiger partial charge < -0.3 is 13.9 Å². The summed E-state index contributed by atoms with van der Waals surface area (Å²) >= 11 is 0. The normalized spacial score (nSPS) is 13.9. The number of anilines is 1. The van der Waals surface area contributed by atoms with E-state index in [4.69, 9.17) is 9.47 Å². The lowest BCUT2D eigenvalue weighted by atomic mass is 10.3. The Labute approximate surface area is 132 Å². The van der Waals surface area contributed by atoms with Crippen LogP contribution in [0, 0.1) is 0 Å². The van der Waals surface area contributed by atoms with Crippen molar-refractivity contribution in [2.45, 2.75) is 4.90 Å². The van der Waals surface area contributed by atoms with E-state index in [0.717, 1.165) is 5.65 Å². The summed E-state index contributed by atoms with van der Waals surface area (Å²) in [5, 5.41) is 0. The van der Waals surface area contributed by atoms with E-state index < -0.39 is 10.0 Å². The van der Waals surface area contributed by atoms with Gasteiger partial charge in [-0.15, -0.1) is 0 Å². The molecule has 0 unspecified atom stereocenters. The summed E-state index contributed by atoms with van der Waals surface area (Å²) in [6, 6.07) is 7.96. The van der Waals surface area contributed by atoms with Crippen LogP contribution in [-0.2, 0) is 10.0 Å². The predicted molar refractivity (Wildman–Crippen MR) is 83.4 cm³/mol. The second-order valence-corrected chi connectivity index (χ2v) is 6.70. The fraction of sp³-hybridized carbons (Fsp3) is 0.133. The number of hydrogen-bond donors (Lipinski definition) is 1. The van der Waals surface area contributed by atoms with Crippen LogP contribution in [-0.4, -0.2) is 31.0 Å². The number of benzene rings is 1. The minimum Gasteiger partial charge on any atom is -0.486 e. The third-order valence-corrected chi connectivity index (χ3v) is 4.84. The largest absolute Gasteiger partial charge is 0.486 e. The second-order valence-electron chi connectivity index (χ2n) is 5.02. The van der Waals surface area contributed by atoms with E-state index in [1.54, 1.807) is 41.2 Å². The van der Waals surface area contributed by atoms with Gasteiger partial charge in [0.2, 0.25) is 0 Å². The number of pyridine rings is 1. The van der Waals surface area contributed by atoms with Gasteiger partial charge in [0.05, 0.1) is 10.6 Å². The van der Waals surface area contributed by atoms with E-state index in [-0.39, 0.29) is 4.90 Å². The minimum atomic E-state index is -3.72. The molecule has 0 saturated heterocycles. The number of nitrogens with zero attached hydrogens (tertiary/aromatic N) is 2. The zero-order chi connectivity index (χ0) is 15.9. The highest BCUT2D eigenvalue weighted by Crippen LogP contribution is 2.32. The molecule has 0 amide bonds. The van der Waals surface area contributed by atoms with Crippen molar-refractivity contribution in [3.8, 4) is 11.5 Å². The Morgan fingerprint density at radius 1 is 1.09 bits per heavy atom. The van der Waals surface area contributed by atoms with Crippen LogP contribution in [0.3, 0.4) is 0 Å². The van der Waals surface area contributed by atoms with E-state index in [9.17, 15) is 8.42 Å². The van der Waals surface area contributed by atoms with E-state index in [1.165, 1.54) is 12.1 Å². The lowest BCUT2D eigenvalue weighted by molar-refractivity contribution is 0.171. The maximum Gasteiger partial charge on any atom is 0.262 e. The van der Waals surface area contributed by atoms with Crippen molar-refractivity contribution in [2.75, 3.05) is 17.9 Å². The highest BCUT2D eigenvalue weighted by Gasteiger charge is 2.19. The summed E-state index contributed by atoms with van der Waals surface area (Å²) in [4.78, 5) is 4.24. The topological polar surface area (TPSA) is 81.9 Å². The van der Waals surface area contributed by atoms with Crippen LogP contribution in [0.25, 0.3) is 5.65 Å². The summed E-state index contributed by atoms with van der Waals surface area (Å²) in [6.07, 6.45) is 5.06. The maximum absolute atomic E-state index is 12.5. The number of sulfonamides is 1. The third kappa shape index (κ3) is 2.57. The summed E-state index contributed by atoms with van der Waals surface area (Å²) < 4.78 is 40.2. The molecule has 0 fully saturated rings. The molecule has 3 heterocycles. The molecule has 0 saturated carbocycles. The van der Waals surface area contributed by atoms with Gasteiger partial charge in [0.25, 0.3) is 10.0 Å². The first-order chi connectivity index (χ1) is 11.1. The fourth-order valence-electron chi connectivity index (χ4n) is 2.39. The number of hydrogen-bond acceptors (Lipinski definition) is 5. The first-order valence-electron chi connectivity index (χ1n) is 6.97. The van der Waals surface area contributed by atoms with Crippen molar-refractivity contribution in [3.63, 3.8) is 0 Å². The monoisotopic (exact) mass is 331 g/mol. The highest BCUT2D eigenvalue weighted by atomic mass is 32.2. The number of rotatable bonds is 3. The Balaban J connectivity index is 1.66. The van der Waals surface area contributed by atoms with Gasteiger partial charge in [-0.25, -0.2) is 13.4 Å². The van der Waals surface area contributed by atoms with Gasteiger partial charge in [0.15, 0.2) is 11.5 Å². The van der Waals surface area contributed by atoms with E-state index in [2.05, 4.69) is 9.71 Å². The van der Waals surface area contributed by atoms with Crippen molar-refractivity contribution in [2.24, 2.45) is 0 Å². The number of nitrogens with one attached hydrogen (secondary N) is 1. The molecular formula is C15H13N3O4S. The Morgan fingerprint density at radius 2 is 1.91 bits per heavy atom. The molecule has 0 atom stereocenters. The van der Waals surface area contributed by atoms with Crippen molar-refractivity contribution in [3.05, 3.63) is 48.9 Å². The molecule has 0 spiro atoms. The van der Waals surface area contributed by atoms with E-state index in [0.29, 0.717) is 30.4 Å². The molecular weight excluding hydrogens is 318 g/mol. The van der Waals surface area contributed by atoms with Gasteiger partial charge in [-0.3, -0.25) is 4.72 Å². The Bertz CT molecular complexity index is 981. The van der Waals surface area contributed by atoms with Crippen molar-refractivity contribution >= 4 is 21.4 Å². The summed E-state index contributed by atoms with van der Waals surface area (Å²) in [5.74, 6) is 0.985. The molecule has 0 bridgehead atoms. The third-order valence-electron chi connectivity index (χ3n) is 3.46. The second kappa shape index (κ2) is 5.17. The highest BCUT2D eigenvalue weighted by molar-refractivity contribution is 7.92.